The Morgan fingerprint density at radius 1 is 1.05 bits per heavy atom. The summed E-state index contributed by atoms with van der Waals surface area (Å²) >= 11 is 0. The molecule has 0 aliphatic carbocycles. The molecule has 0 fully saturated rings. The van der Waals surface area contributed by atoms with Crippen molar-refractivity contribution < 1.29 is 9.53 Å². The lowest BCUT2D eigenvalue weighted by atomic mass is 10.2. The second-order valence-electron chi connectivity index (χ2n) is 4.89. The van der Waals surface area contributed by atoms with E-state index in [1.54, 1.807) is 12.4 Å². The molecule has 0 N–H and O–H groups in total. The summed E-state index contributed by atoms with van der Waals surface area (Å²) in [6.45, 7) is 2.14. The molecule has 0 saturated heterocycles. The number of benzene rings is 1. The van der Waals surface area contributed by atoms with Crippen molar-refractivity contribution in [2.45, 2.75) is 39.0 Å². The smallest absolute Gasteiger partial charge is 0.311 e. The number of hydrogen-bond donors (Lipinski definition) is 0. The molecule has 21 heavy (non-hydrogen) atoms. The second-order valence-corrected chi connectivity index (χ2v) is 4.89. The molecule has 0 unspecified atom stereocenters. The van der Waals surface area contributed by atoms with E-state index in [1.807, 2.05) is 30.3 Å². The van der Waals surface area contributed by atoms with Crippen molar-refractivity contribution in [1.29, 1.82) is 0 Å². The van der Waals surface area contributed by atoms with Gasteiger partial charge in [-0.15, -0.1) is 0 Å². The zero-order valence-corrected chi connectivity index (χ0v) is 12.3. The van der Waals surface area contributed by atoms with Crippen LogP contribution in [0.15, 0.2) is 42.7 Å². The van der Waals surface area contributed by atoms with E-state index in [9.17, 15) is 4.79 Å². The zero-order valence-electron chi connectivity index (χ0n) is 12.3. The Kier molecular flexibility index (Phi) is 5.88. The van der Waals surface area contributed by atoms with Crippen LogP contribution in [-0.2, 0) is 4.79 Å². The SMILES string of the molecule is CCCCCCC(=O)Oc1cnc(-c2ccccc2)nc1. The number of hydrogen-bond acceptors (Lipinski definition) is 4. The molecule has 1 aromatic heterocycles. The summed E-state index contributed by atoms with van der Waals surface area (Å²) in [5, 5.41) is 0. The normalized spacial score (nSPS) is 10.3. The third-order valence-electron chi connectivity index (χ3n) is 3.13. The van der Waals surface area contributed by atoms with E-state index in [2.05, 4.69) is 16.9 Å². The molecule has 0 spiro atoms. The van der Waals surface area contributed by atoms with Crippen LogP contribution in [0.5, 0.6) is 5.75 Å². The topological polar surface area (TPSA) is 52.1 Å². The van der Waals surface area contributed by atoms with Crippen LogP contribution in [0.3, 0.4) is 0 Å². The maximum Gasteiger partial charge on any atom is 0.311 e. The van der Waals surface area contributed by atoms with E-state index in [0.29, 0.717) is 18.0 Å². The summed E-state index contributed by atoms with van der Waals surface area (Å²) in [6, 6.07) is 9.69. The number of aromatic nitrogens is 2. The average molecular weight is 284 g/mol. The first-order valence-electron chi connectivity index (χ1n) is 7.37. The summed E-state index contributed by atoms with van der Waals surface area (Å²) < 4.78 is 5.22. The minimum Gasteiger partial charge on any atom is -0.423 e. The van der Waals surface area contributed by atoms with Gasteiger partial charge in [0.05, 0.1) is 12.4 Å². The van der Waals surface area contributed by atoms with Crippen LogP contribution in [0.4, 0.5) is 0 Å². The Balaban J connectivity index is 1.86. The molecular formula is C17H20N2O2. The lowest BCUT2D eigenvalue weighted by Crippen LogP contribution is -2.08. The molecule has 0 radical (unpaired) electrons. The molecule has 2 rings (SSSR count). The first-order valence-corrected chi connectivity index (χ1v) is 7.37. The molecule has 0 aliphatic heterocycles. The molecule has 4 heteroatoms. The van der Waals surface area contributed by atoms with Crippen LogP contribution in [0.2, 0.25) is 0 Å². The van der Waals surface area contributed by atoms with E-state index in [0.717, 1.165) is 31.2 Å². The standard InChI is InChI=1S/C17H20N2O2/c1-2-3-4-8-11-16(20)21-15-12-18-17(19-13-15)14-9-6-5-7-10-14/h5-7,9-10,12-13H,2-4,8,11H2,1H3. The number of esters is 1. The third-order valence-corrected chi connectivity index (χ3v) is 3.13. The van der Waals surface area contributed by atoms with Gasteiger partial charge in [0.2, 0.25) is 0 Å². The number of ether oxygens (including phenoxy) is 1. The highest BCUT2D eigenvalue weighted by Crippen LogP contribution is 2.16. The Labute approximate surface area is 125 Å². The molecule has 0 saturated carbocycles. The van der Waals surface area contributed by atoms with E-state index in [4.69, 9.17) is 4.74 Å². The van der Waals surface area contributed by atoms with Crippen molar-refractivity contribution in [3.63, 3.8) is 0 Å². The molecule has 2 aromatic rings. The van der Waals surface area contributed by atoms with E-state index < -0.39 is 0 Å². The monoisotopic (exact) mass is 284 g/mol. The number of carbonyl (C=O) groups is 1. The zero-order chi connectivity index (χ0) is 14.9. The first kappa shape index (κ1) is 15.2. The molecule has 110 valence electrons. The van der Waals surface area contributed by atoms with Crippen LogP contribution in [0.25, 0.3) is 11.4 Å². The molecular weight excluding hydrogens is 264 g/mol. The van der Waals surface area contributed by atoms with E-state index >= 15 is 0 Å². The highest BCUT2D eigenvalue weighted by Gasteiger charge is 2.06. The summed E-state index contributed by atoms with van der Waals surface area (Å²) in [4.78, 5) is 20.1. The van der Waals surface area contributed by atoms with Gasteiger partial charge in [0.25, 0.3) is 0 Å². The predicted octanol–water partition coefficient (Wildman–Crippen LogP) is 4.02. The summed E-state index contributed by atoms with van der Waals surface area (Å²) in [5.74, 6) is 0.802. The lowest BCUT2D eigenvalue weighted by molar-refractivity contribution is -0.134. The van der Waals surface area contributed by atoms with Gasteiger partial charge < -0.3 is 4.74 Å². The molecule has 0 aliphatic rings. The number of unbranched alkanes of at least 4 members (excludes halogenated alkanes) is 3. The van der Waals surface area contributed by atoms with Gasteiger partial charge in [-0.3, -0.25) is 4.79 Å². The van der Waals surface area contributed by atoms with Gasteiger partial charge in [0.1, 0.15) is 0 Å². The summed E-state index contributed by atoms with van der Waals surface area (Å²) in [5.41, 5.74) is 0.940. The average Bonchev–Trinajstić information content (AvgIpc) is 2.53. The minimum absolute atomic E-state index is 0.220. The quantitative estimate of drug-likeness (QED) is 0.569. The fraction of sp³-hybridized carbons (Fsp3) is 0.353. The molecule has 1 aromatic carbocycles. The van der Waals surface area contributed by atoms with Crippen molar-refractivity contribution >= 4 is 5.97 Å². The van der Waals surface area contributed by atoms with Crippen molar-refractivity contribution in [1.82, 2.24) is 9.97 Å². The fourth-order valence-electron chi connectivity index (χ4n) is 1.98. The summed E-state index contributed by atoms with van der Waals surface area (Å²) in [7, 11) is 0. The largest absolute Gasteiger partial charge is 0.423 e. The van der Waals surface area contributed by atoms with Gasteiger partial charge in [0, 0.05) is 12.0 Å². The van der Waals surface area contributed by atoms with Crippen molar-refractivity contribution in [2.75, 3.05) is 0 Å². The van der Waals surface area contributed by atoms with Crippen molar-refractivity contribution in [2.24, 2.45) is 0 Å². The van der Waals surface area contributed by atoms with Crippen LogP contribution in [0.1, 0.15) is 39.0 Å². The third kappa shape index (κ3) is 4.99. The fourth-order valence-corrected chi connectivity index (χ4v) is 1.98. The van der Waals surface area contributed by atoms with Gasteiger partial charge in [-0.05, 0) is 6.42 Å². The van der Waals surface area contributed by atoms with E-state index in [1.165, 1.54) is 0 Å². The van der Waals surface area contributed by atoms with Crippen LogP contribution in [0, 0.1) is 0 Å². The highest BCUT2D eigenvalue weighted by molar-refractivity contribution is 5.72. The van der Waals surface area contributed by atoms with Gasteiger partial charge in [0.15, 0.2) is 11.6 Å². The van der Waals surface area contributed by atoms with Gasteiger partial charge >= 0.3 is 5.97 Å². The number of rotatable bonds is 7. The maximum absolute atomic E-state index is 11.7. The second kappa shape index (κ2) is 8.15. The lowest BCUT2D eigenvalue weighted by Gasteiger charge is -2.04. The Morgan fingerprint density at radius 3 is 2.43 bits per heavy atom. The maximum atomic E-state index is 11.7. The Bertz CT molecular complexity index is 553. The van der Waals surface area contributed by atoms with Gasteiger partial charge in [-0.1, -0.05) is 56.5 Å². The van der Waals surface area contributed by atoms with Crippen molar-refractivity contribution in [3.05, 3.63) is 42.7 Å². The molecule has 0 atom stereocenters. The molecule has 0 amide bonds. The molecule has 1 heterocycles. The first-order chi connectivity index (χ1) is 10.3. The van der Waals surface area contributed by atoms with Crippen LogP contribution in [-0.4, -0.2) is 15.9 Å². The Hall–Kier alpha value is -2.23. The predicted molar refractivity (Wildman–Crippen MR) is 81.9 cm³/mol. The Morgan fingerprint density at radius 2 is 1.76 bits per heavy atom. The number of carbonyl (C=O) groups excluding carboxylic acids is 1. The number of nitrogens with zero attached hydrogens (tertiary/aromatic N) is 2. The minimum atomic E-state index is -0.220. The van der Waals surface area contributed by atoms with Crippen LogP contribution >= 0.6 is 0 Å². The summed E-state index contributed by atoms with van der Waals surface area (Å²) in [6.07, 6.45) is 7.77. The van der Waals surface area contributed by atoms with Crippen molar-refractivity contribution in [3.8, 4) is 17.1 Å². The van der Waals surface area contributed by atoms with Gasteiger partial charge in [-0.2, -0.15) is 0 Å². The highest BCUT2D eigenvalue weighted by atomic mass is 16.5. The van der Waals surface area contributed by atoms with Gasteiger partial charge in [-0.25, -0.2) is 9.97 Å². The molecule has 0 bridgehead atoms. The van der Waals surface area contributed by atoms with Crippen LogP contribution < -0.4 is 4.74 Å². The molecule has 4 nitrogen and oxygen atoms in total. The van der Waals surface area contributed by atoms with E-state index in [-0.39, 0.29) is 5.97 Å².